The number of carbonyl (C=O) groups excluding carboxylic acids is 2. The Hall–Kier alpha value is -1.42. The predicted molar refractivity (Wildman–Crippen MR) is 89.0 cm³/mol. The SMILES string of the molecule is CC1=C2C=C3CCC4C(C)(C)C(O)C(=O)CC4(C)C3CC2OC1=O. The summed E-state index contributed by atoms with van der Waals surface area (Å²) < 4.78 is 5.56. The maximum absolute atomic E-state index is 12.5. The number of ketones is 1. The Morgan fingerprint density at radius 1 is 1.25 bits per heavy atom. The van der Waals surface area contributed by atoms with Gasteiger partial charge in [0, 0.05) is 23.0 Å². The fraction of sp³-hybridized carbons (Fsp3) is 0.700. The molecular formula is C20H26O4. The molecule has 0 aromatic heterocycles. The van der Waals surface area contributed by atoms with Gasteiger partial charge in [-0.25, -0.2) is 4.79 Å². The van der Waals surface area contributed by atoms with Gasteiger partial charge in [0.25, 0.3) is 0 Å². The summed E-state index contributed by atoms with van der Waals surface area (Å²) in [5, 5.41) is 10.4. The first-order chi connectivity index (χ1) is 11.2. The zero-order valence-corrected chi connectivity index (χ0v) is 14.9. The van der Waals surface area contributed by atoms with Gasteiger partial charge in [0.05, 0.1) is 0 Å². The highest BCUT2D eigenvalue weighted by atomic mass is 16.5. The number of allylic oxidation sites excluding steroid dienone is 1. The van der Waals surface area contributed by atoms with Gasteiger partial charge in [0.2, 0.25) is 0 Å². The van der Waals surface area contributed by atoms with E-state index < -0.39 is 11.5 Å². The molecule has 3 aliphatic carbocycles. The number of aliphatic hydroxyl groups excluding tert-OH is 1. The second-order valence-electron chi connectivity index (χ2n) is 8.95. The van der Waals surface area contributed by atoms with Crippen molar-refractivity contribution in [2.75, 3.05) is 0 Å². The maximum Gasteiger partial charge on any atom is 0.334 e. The average molecular weight is 330 g/mol. The quantitative estimate of drug-likeness (QED) is 0.694. The Kier molecular flexibility index (Phi) is 3.22. The van der Waals surface area contributed by atoms with Gasteiger partial charge in [-0.05, 0) is 43.4 Å². The first-order valence-electron chi connectivity index (χ1n) is 8.99. The summed E-state index contributed by atoms with van der Waals surface area (Å²) in [4.78, 5) is 24.4. The van der Waals surface area contributed by atoms with Gasteiger partial charge in [0.15, 0.2) is 5.78 Å². The number of Topliss-reactive ketones (excluding diaryl/α,β-unsaturated/α-hetero) is 1. The van der Waals surface area contributed by atoms with Crippen molar-refractivity contribution in [3.8, 4) is 0 Å². The first-order valence-corrected chi connectivity index (χ1v) is 8.99. The second-order valence-corrected chi connectivity index (χ2v) is 8.95. The molecule has 0 radical (unpaired) electrons. The van der Waals surface area contributed by atoms with Crippen LogP contribution < -0.4 is 0 Å². The summed E-state index contributed by atoms with van der Waals surface area (Å²) in [6.07, 6.45) is 4.30. The van der Waals surface area contributed by atoms with Crippen LogP contribution in [0.5, 0.6) is 0 Å². The standard InChI is InChI=1S/C20H26O4/c1-10-12-7-11-5-6-16-19(2,3)17(22)14(21)9-20(16,4)13(11)8-15(12)24-18(10)23/h7,13,15-17,22H,5-6,8-9H2,1-4H3. The molecule has 2 fully saturated rings. The lowest BCUT2D eigenvalue weighted by molar-refractivity contribution is -0.164. The van der Waals surface area contributed by atoms with Gasteiger partial charge >= 0.3 is 5.97 Å². The van der Waals surface area contributed by atoms with Crippen molar-refractivity contribution in [2.45, 2.75) is 65.6 Å². The fourth-order valence-electron chi connectivity index (χ4n) is 6.05. The normalized spacial score (nSPS) is 43.6. The van der Waals surface area contributed by atoms with Crippen LogP contribution in [0.2, 0.25) is 0 Å². The highest BCUT2D eigenvalue weighted by molar-refractivity contribution is 5.92. The van der Waals surface area contributed by atoms with Gasteiger partial charge in [-0.2, -0.15) is 0 Å². The van der Waals surface area contributed by atoms with Crippen LogP contribution in [0.1, 0.15) is 53.4 Å². The molecule has 130 valence electrons. The van der Waals surface area contributed by atoms with Gasteiger partial charge < -0.3 is 9.84 Å². The molecule has 0 aromatic carbocycles. The lowest BCUT2D eigenvalue weighted by Gasteiger charge is -2.59. The molecule has 4 nitrogen and oxygen atoms in total. The molecule has 5 unspecified atom stereocenters. The zero-order chi connectivity index (χ0) is 17.4. The predicted octanol–water partition coefficient (Wildman–Crippen LogP) is 2.95. The van der Waals surface area contributed by atoms with Crippen LogP contribution in [0.4, 0.5) is 0 Å². The van der Waals surface area contributed by atoms with E-state index in [-0.39, 0.29) is 29.2 Å². The minimum atomic E-state index is -0.869. The monoisotopic (exact) mass is 330 g/mol. The van der Waals surface area contributed by atoms with Crippen molar-refractivity contribution >= 4 is 11.8 Å². The van der Waals surface area contributed by atoms with Crippen molar-refractivity contribution < 1.29 is 19.4 Å². The molecule has 0 saturated heterocycles. The molecule has 2 saturated carbocycles. The Morgan fingerprint density at radius 3 is 2.67 bits per heavy atom. The minimum Gasteiger partial charge on any atom is -0.454 e. The van der Waals surface area contributed by atoms with Gasteiger partial charge in [0.1, 0.15) is 12.2 Å². The van der Waals surface area contributed by atoms with E-state index in [4.69, 9.17) is 4.74 Å². The number of carbonyl (C=O) groups is 2. The van der Waals surface area contributed by atoms with Crippen LogP contribution in [0, 0.1) is 22.7 Å². The number of aliphatic hydroxyl groups is 1. The van der Waals surface area contributed by atoms with Crippen molar-refractivity contribution in [2.24, 2.45) is 22.7 Å². The van der Waals surface area contributed by atoms with Crippen LogP contribution in [0.15, 0.2) is 22.8 Å². The van der Waals surface area contributed by atoms with Gasteiger partial charge in [-0.3, -0.25) is 4.79 Å². The number of hydrogen-bond donors (Lipinski definition) is 1. The summed E-state index contributed by atoms with van der Waals surface area (Å²) >= 11 is 0. The molecule has 5 atom stereocenters. The highest BCUT2D eigenvalue weighted by Crippen LogP contribution is 2.62. The number of hydrogen-bond acceptors (Lipinski definition) is 4. The Labute approximate surface area is 143 Å². The number of esters is 1. The molecular weight excluding hydrogens is 304 g/mol. The summed E-state index contributed by atoms with van der Waals surface area (Å²) in [5.41, 5.74) is 2.55. The lowest BCUT2D eigenvalue weighted by atomic mass is 9.45. The average Bonchev–Trinajstić information content (AvgIpc) is 2.78. The van der Waals surface area contributed by atoms with E-state index in [9.17, 15) is 14.7 Å². The third-order valence-electron chi connectivity index (χ3n) is 7.35. The molecule has 0 amide bonds. The van der Waals surface area contributed by atoms with E-state index in [0.29, 0.717) is 12.3 Å². The minimum absolute atomic E-state index is 0.0408. The van der Waals surface area contributed by atoms with Gasteiger partial charge in [-0.15, -0.1) is 0 Å². The Morgan fingerprint density at radius 2 is 1.96 bits per heavy atom. The van der Waals surface area contributed by atoms with Crippen molar-refractivity contribution in [3.63, 3.8) is 0 Å². The smallest absolute Gasteiger partial charge is 0.334 e. The molecule has 1 N–H and O–H groups in total. The van der Waals surface area contributed by atoms with E-state index in [1.165, 1.54) is 5.57 Å². The molecule has 1 aliphatic heterocycles. The van der Waals surface area contributed by atoms with E-state index in [0.717, 1.165) is 30.4 Å². The zero-order valence-electron chi connectivity index (χ0n) is 14.9. The summed E-state index contributed by atoms with van der Waals surface area (Å²) in [6.45, 7) is 8.10. The molecule has 4 aliphatic rings. The van der Waals surface area contributed by atoms with E-state index >= 15 is 0 Å². The highest BCUT2D eigenvalue weighted by Gasteiger charge is 2.60. The maximum atomic E-state index is 12.5. The number of fused-ring (bicyclic) bond motifs is 4. The summed E-state index contributed by atoms with van der Waals surface area (Å²) in [5.74, 6) is 0.298. The Bertz CT molecular complexity index is 698. The molecule has 4 rings (SSSR count). The number of ether oxygens (including phenoxy) is 1. The molecule has 1 heterocycles. The van der Waals surface area contributed by atoms with Gasteiger partial charge in [-0.1, -0.05) is 32.4 Å². The summed E-state index contributed by atoms with van der Waals surface area (Å²) in [7, 11) is 0. The molecule has 0 aromatic rings. The van der Waals surface area contributed by atoms with Crippen LogP contribution in [0.25, 0.3) is 0 Å². The largest absolute Gasteiger partial charge is 0.454 e. The van der Waals surface area contributed by atoms with Crippen LogP contribution in [-0.2, 0) is 14.3 Å². The lowest BCUT2D eigenvalue weighted by Crippen LogP contribution is -2.59. The Balaban J connectivity index is 1.77. The summed E-state index contributed by atoms with van der Waals surface area (Å²) in [6, 6.07) is 0. The van der Waals surface area contributed by atoms with Crippen molar-refractivity contribution in [3.05, 3.63) is 22.8 Å². The first kappa shape index (κ1) is 16.1. The van der Waals surface area contributed by atoms with Crippen molar-refractivity contribution in [1.82, 2.24) is 0 Å². The van der Waals surface area contributed by atoms with E-state index in [1.54, 1.807) is 0 Å². The molecule has 0 spiro atoms. The third-order valence-corrected chi connectivity index (χ3v) is 7.35. The third kappa shape index (κ3) is 1.89. The van der Waals surface area contributed by atoms with Crippen LogP contribution in [-0.4, -0.2) is 29.1 Å². The number of rotatable bonds is 0. The van der Waals surface area contributed by atoms with Crippen LogP contribution in [0.3, 0.4) is 0 Å². The molecule has 24 heavy (non-hydrogen) atoms. The van der Waals surface area contributed by atoms with Crippen LogP contribution >= 0.6 is 0 Å². The molecule has 4 heteroatoms. The fourth-order valence-corrected chi connectivity index (χ4v) is 6.05. The van der Waals surface area contributed by atoms with E-state index in [1.807, 2.05) is 20.8 Å². The molecule has 0 bridgehead atoms. The second kappa shape index (κ2) is 4.81. The van der Waals surface area contributed by atoms with E-state index in [2.05, 4.69) is 13.0 Å². The van der Waals surface area contributed by atoms with Crippen molar-refractivity contribution in [1.29, 1.82) is 0 Å². The topological polar surface area (TPSA) is 63.6 Å².